The van der Waals surface area contributed by atoms with Crippen LogP contribution in [0.3, 0.4) is 0 Å². The Balaban J connectivity index is 1.65. The lowest BCUT2D eigenvalue weighted by atomic mass is 10.2. The molecule has 1 amide bonds. The Morgan fingerprint density at radius 3 is 3.10 bits per heavy atom. The maximum absolute atomic E-state index is 11.6. The zero-order chi connectivity index (χ0) is 15.1. The Morgan fingerprint density at radius 2 is 2.33 bits per heavy atom. The van der Waals surface area contributed by atoms with Crippen LogP contribution in [-0.4, -0.2) is 47.8 Å². The highest BCUT2D eigenvalue weighted by Crippen LogP contribution is 2.10. The standard InChI is InChI=1S/C15H23N3O3/c1-2-21-15(20)18-11-7-13(12-18)16-8-5-10-17-9-4-3-6-14(17)19/h3-4,6,9,13,16H,2,5,7-8,10-12H2,1H3/t13-/m0/s1. The van der Waals surface area contributed by atoms with Gasteiger partial charge in [-0.05, 0) is 32.4 Å². The smallest absolute Gasteiger partial charge is 0.409 e. The summed E-state index contributed by atoms with van der Waals surface area (Å²) in [6.07, 6.45) is 3.42. The van der Waals surface area contributed by atoms with Crippen molar-refractivity contribution in [3.63, 3.8) is 0 Å². The van der Waals surface area contributed by atoms with Crippen molar-refractivity contribution in [2.24, 2.45) is 0 Å². The molecule has 2 rings (SSSR count). The molecule has 0 spiro atoms. The van der Waals surface area contributed by atoms with Crippen molar-refractivity contribution in [3.8, 4) is 0 Å². The van der Waals surface area contributed by atoms with Crippen molar-refractivity contribution < 1.29 is 9.53 Å². The van der Waals surface area contributed by atoms with Gasteiger partial charge in [-0.15, -0.1) is 0 Å². The van der Waals surface area contributed by atoms with Crippen LogP contribution >= 0.6 is 0 Å². The number of carbonyl (C=O) groups is 1. The molecular formula is C15H23N3O3. The number of ether oxygens (including phenoxy) is 1. The van der Waals surface area contributed by atoms with E-state index < -0.39 is 0 Å². The highest BCUT2D eigenvalue weighted by molar-refractivity contribution is 5.68. The van der Waals surface area contributed by atoms with Gasteiger partial charge in [0.25, 0.3) is 0 Å². The molecule has 1 aromatic rings. The van der Waals surface area contributed by atoms with Gasteiger partial charge in [0.15, 0.2) is 0 Å². The molecule has 1 aliphatic heterocycles. The first-order valence-corrected chi connectivity index (χ1v) is 7.51. The minimum absolute atomic E-state index is 0.0341. The number of hydrogen-bond acceptors (Lipinski definition) is 4. The summed E-state index contributed by atoms with van der Waals surface area (Å²) in [5, 5.41) is 3.43. The highest BCUT2D eigenvalue weighted by Gasteiger charge is 2.26. The summed E-state index contributed by atoms with van der Waals surface area (Å²) in [7, 11) is 0. The van der Waals surface area contributed by atoms with Gasteiger partial charge in [0, 0.05) is 37.9 Å². The van der Waals surface area contributed by atoms with E-state index in [9.17, 15) is 9.59 Å². The van der Waals surface area contributed by atoms with E-state index in [1.807, 2.05) is 13.0 Å². The Labute approximate surface area is 124 Å². The number of pyridine rings is 1. The van der Waals surface area contributed by atoms with Gasteiger partial charge >= 0.3 is 6.09 Å². The van der Waals surface area contributed by atoms with E-state index in [2.05, 4.69) is 5.32 Å². The quantitative estimate of drug-likeness (QED) is 0.797. The second-order valence-electron chi connectivity index (χ2n) is 5.17. The average Bonchev–Trinajstić information content (AvgIpc) is 2.94. The first kappa shape index (κ1) is 15.6. The second kappa shape index (κ2) is 7.83. The van der Waals surface area contributed by atoms with Crippen LogP contribution in [0.15, 0.2) is 29.2 Å². The lowest BCUT2D eigenvalue weighted by Crippen LogP contribution is -2.36. The first-order valence-electron chi connectivity index (χ1n) is 7.51. The zero-order valence-corrected chi connectivity index (χ0v) is 12.5. The number of aromatic nitrogens is 1. The number of rotatable bonds is 6. The summed E-state index contributed by atoms with van der Waals surface area (Å²) < 4.78 is 6.70. The molecule has 2 heterocycles. The van der Waals surface area contributed by atoms with Crippen molar-refractivity contribution in [3.05, 3.63) is 34.7 Å². The molecule has 0 saturated carbocycles. The fraction of sp³-hybridized carbons (Fsp3) is 0.600. The SMILES string of the molecule is CCOC(=O)N1CC[C@H](NCCCn2ccccc2=O)C1. The third-order valence-electron chi connectivity index (χ3n) is 3.62. The van der Waals surface area contributed by atoms with Gasteiger partial charge in [-0.1, -0.05) is 6.07 Å². The summed E-state index contributed by atoms with van der Waals surface area (Å²) in [4.78, 5) is 24.9. The van der Waals surface area contributed by atoms with Crippen molar-refractivity contribution in [2.75, 3.05) is 26.2 Å². The van der Waals surface area contributed by atoms with Gasteiger partial charge in [-0.2, -0.15) is 0 Å². The van der Waals surface area contributed by atoms with Crippen LogP contribution in [0, 0.1) is 0 Å². The Hall–Kier alpha value is -1.82. The molecule has 6 nitrogen and oxygen atoms in total. The number of nitrogens with zero attached hydrogens (tertiary/aromatic N) is 2. The van der Waals surface area contributed by atoms with Gasteiger partial charge in [0.05, 0.1) is 6.61 Å². The van der Waals surface area contributed by atoms with E-state index in [1.165, 1.54) is 0 Å². The Morgan fingerprint density at radius 1 is 1.48 bits per heavy atom. The van der Waals surface area contributed by atoms with Crippen LogP contribution < -0.4 is 10.9 Å². The van der Waals surface area contributed by atoms with Crippen LogP contribution in [0.4, 0.5) is 4.79 Å². The number of nitrogens with one attached hydrogen (secondary N) is 1. The Kier molecular flexibility index (Phi) is 5.80. The molecule has 1 N–H and O–H groups in total. The lowest BCUT2D eigenvalue weighted by Gasteiger charge is -2.16. The summed E-state index contributed by atoms with van der Waals surface area (Å²) >= 11 is 0. The number of likely N-dealkylation sites (tertiary alicyclic amines) is 1. The molecule has 1 aliphatic rings. The highest BCUT2D eigenvalue weighted by atomic mass is 16.6. The van der Waals surface area contributed by atoms with E-state index in [0.717, 1.165) is 25.9 Å². The predicted octanol–water partition coefficient (Wildman–Crippen LogP) is 1.06. The number of aryl methyl sites for hydroxylation is 1. The largest absolute Gasteiger partial charge is 0.450 e. The molecule has 0 unspecified atom stereocenters. The van der Waals surface area contributed by atoms with Gasteiger partial charge in [-0.25, -0.2) is 4.79 Å². The maximum Gasteiger partial charge on any atom is 0.409 e. The van der Waals surface area contributed by atoms with Gasteiger partial charge in [-0.3, -0.25) is 4.79 Å². The van der Waals surface area contributed by atoms with Crippen molar-refractivity contribution in [1.29, 1.82) is 0 Å². The van der Waals surface area contributed by atoms with E-state index in [0.29, 0.717) is 25.7 Å². The summed E-state index contributed by atoms with van der Waals surface area (Å²) in [5.41, 5.74) is 0.0341. The summed E-state index contributed by atoms with van der Waals surface area (Å²) in [5.74, 6) is 0. The molecule has 21 heavy (non-hydrogen) atoms. The topological polar surface area (TPSA) is 63.6 Å². The fourth-order valence-electron chi connectivity index (χ4n) is 2.51. The van der Waals surface area contributed by atoms with Gasteiger partial charge in [0.2, 0.25) is 5.56 Å². The fourth-order valence-corrected chi connectivity index (χ4v) is 2.51. The van der Waals surface area contributed by atoms with Crippen molar-refractivity contribution in [1.82, 2.24) is 14.8 Å². The second-order valence-corrected chi connectivity index (χ2v) is 5.17. The molecule has 1 fully saturated rings. The predicted molar refractivity (Wildman–Crippen MR) is 80.3 cm³/mol. The average molecular weight is 293 g/mol. The summed E-state index contributed by atoms with van der Waals surface area (Å²) in [6, 6.07) is 5.51. The van der Waals surface area contributed by atoms with Crippen LogP contribution in [0.1, 0.15) is 19.8 Å². The Bertz CT molecular complexity index is 515. The van der Waals surface area contributed by atoms with Gasteiger partial charge in [0.1, 0.15) is 0 Å². The minimum atomic E-state index is -0.224. The van der Waals surface area contributed by atoms with E-state index >= 15 is 0 Å². The number of carbonyl (C=O) groups excluding carboxylic acids is 1. The molecular weight excluding hydrogens is 270 g/mol. The van der Waals surface area contributed by atoms with Crippen LogP contribution in [0.5, 0.6) is 0 Å². The molecule has 1 aromatic heterocycles. The van der Waals surface area contributed by atoms with E-state index in [4.69, 9.17) is 4.74 Å². The van der Waals surface area contributed by atoms with Gasteiger partial charge < -0.3 is 19.5 Å². The summed E-state index contributed by atoms with van der Waals surface area (Å²) in [6.45, 7) is 5.22. The third kappa shape index (κ3) is 4.60. The third-order valence-corrected chi connectivity index (χ3v) is 3.62. The maximum atomic E-state index is 11.6. The normalized spacial score (nSPS) is 18.0. The molecule has 6 heteroatoms. The molecule has 0 radical (unpaired) electrons. The number of hydrogen-bond donors (Lipinski definition) is 1. The molecule has 1 atom stereocenters. The zero-order valence-electron chi connectivity index (χ0n) is 12.5. The van der Waals surface area contributed by atoms with Crippen LogP contribution in [0.2, 0.25) is 0 Å². The molecule has 116 valence electrons. The van der Waals surface area contributed by atoms with Crippen LogP contribution in [-0.2, 0) is 11.3 Å². The molecule has 0 bridgehead atoms. The van der Waals surface area contributed by atoms with Crippen molar-refractivity contribution in [2.45, 2.75) is 32.4 Å². The minimum Gasteiger partial charge on any atom is -0.450 e. The molecule has 1 saturated heterocycles. The first-order chi connectivity index (χ1) is 10.2. The molecule has 0 aromatic carbocycles. The number of amides is 1. The van der Waals surface area contributed by atoms with Crippen molar-refractivity contribution >= 4 is 6.09 Å². The molecule has 0 aliphatic carbocycles. The monoisotopic (exact) mass is 293 g/mol. The van der Waals surface area contributed by atoms with Crippen LogP contribution in [0.25, 0.3) is 0 Å². The van der Waals surface area contributed by atoms with E-state index in [1.54, 1.807) is 27.8 Å². The van der Waals surface area contributed by atoms with E-state index in [-0.39, 0.29) is 11.7 Å². The lowest BCUT2D eigenvalue weighted by molar-refractivity contribution is 0.115.